The maximum absolute atomic E-state index is 5.98. The van der Waals surface area contributed by atoms with Crippen molar-refractivity contribution in [2.24, 2.45) is 0 Å². The Morgan fingerprint density at radius 3 is 2.00 bits per heavy atom. The minimum absolute atomic E-state index is 0.426. The van der Waals surface area contributed by atoms with E-state index in [9.17, 15) is 0 Å². The molecule has 0 atom stereocenters. The molecular weight excluding hydrogens is 383 g/mol. The van der Waals surface area contributed by atoms with E-state index in [1.165, 1.54) is 0 Å². The monoisotopic (exact) mass is 400 g/mol. The molecule has 2 N–H and O–H groups in total. The zero-order valence-electron chi connectivity index (χ0n) is 14.0. The van der Waals surface area contributed by atoms with Gasteiger partial charge in [-0.3, -0.25) is 0 Å². The predicted molar refractivity (Wildman–Crippen MR) is 106 cm³/mol. The van der Waals surface area contributed by atoms with Crippen LogP contribution in [0, 0.1) is 0 Å². The van der Waals surface area contributed by atoms with E-state index in [-0.39, 0.29) is 0 Å². The lowest BCUT2D eigenvalue weighted by Gasteiger charge is -2.16. The molecule has 0 radical (unpaired) electrons. The van der Waals surface area contributed by atoms with E-state index in [4.69, 9.17) is 49.6 Å². The fraction of sp³-hybridized carbons (Fsp3) is 0.235. The highest BCUT2D eigenvalue weighted by molar-refractivity contribution is 7.80. The lowest BCUT2D eigenvalue weighted by atomic mass is 10.1. The number of rotatable bonds is 6. The van der Waals surface area contributed by atoms with Gasteiger partial charge in [-0.25, -0.2) is 0 Å². The fourth-order valence-corrected chi connectivity index (χ4v) is 2.92. The van der Waals surface area contributed by atoms with Crippen LogP contribution in [0.25, 0.3) is 0 Å². The first-order valence-corrected chi connectivity index (χ1v) is 8.43. The number of thiocarbonyl (C=S) groups is 1. The third-order valence-electron chi connectivity index (χ3n) is 3.35. The largest absolute Gasteiger partial charge is 0.496 e. The molecule has 0 saturated heterocycles. The Hall–Kier alpha value is -1.89. The second-order valence-electron chi connectivity index (χ2n) is 4.98. The van der Waals surface area contributed by atoms with Gasteiger partial charge in [0.15, 0.2) is 16.6 Å². The van der Waals surface area contributed by atoms with Gasteiger partial charge in [0.25, 0.3) is 0 Å². The molecule has 134 valence electrons. The Bertz CT molecular complexity index is 752. The number of benzene rings is 2. The second-order valence-corrected chi connectivity index (χ2v) is 6.27. The number of ether oxygens (including phenoxy) is 3. The van der Waals surface area contributed by atoms with Gasteiger partial charge in [-0.15, -0.1) is 0 Å². The van der Waals surface area contributed by atoms with Crippen molar-refractivity contribution in [2.75, 3.05) is 26.6 Å². The molecule has 0 saturated carbocycles. The number of nitrogens with one attached hydrogen (secondary N) is 2. The van der Waals surface area contributed by atoms with Gasteiger partial charge in [0.1, 0.15) is 5.75 Å². The van der Waals surface area contributed by atoms with Crippen LogP contribution in [0.15, 0.2) is 30.3 Å². The Morgan fingerprint density at radius 2 is 1.44 bits per heavy atom. The van der Waals surface area contributed by atoms with Crippen molar-refractivity contribution in [3.05, 3.63) is 45.9 Å². The van der Waals surface area contributed by atoms with Crippen molar-refractivity contribution < 1.29 is 14.2 Å². The fourth-order valence-electron chi connectivity index (χ4n) is 2.21. The topological polar surface area (TPSA) is 51.8 Å². The van der Waals surface area contributed by atoms with E-state index in [0.717, 1.165) is 5.56 Å². The van der Waals surface area contributed by atoms with Gasteiger partial charge in [0.2, 0.25) is 0 Å². The first kappa shape index (κ1) is 19.4. The summed E-state index contributed by atoms with van der Waals surface area (Å²) in [4.78, 5) is 0. The van der Waals surface area contributed by atoms with Gasteiger partial charge >= 0.3 is 0 Å². The molecule has 0 aliphatic carbocycles. The molecule has 0 aliphatic heterocycles. The first-order chi connectivity index (χ1) is 12.0. The number of hydrogen-bond acceptors (Lipinski definition) is 4. The highest BCUT2D eigenvalue weighted by Gasteiger charge is 2.12. The molecule has 0 aromatic heterocycles. The molecule has 2 aromatic carbocycles. The standard InChI is InChI=1S/C17H18Cl2N2O3S/c1-22-14-8-16(24-3)15(23-2)4-10(14)9-20-17(25)21-13-6-11(18)5-12(19)7-13/h4-8H,9H2,1-3H3,(H2,20,21,25). The third-order valence-corrected chi connectivity index (χ3v) is 4.03. The molecule has 0 amide bonds. The minimum atomic E-state index is 0.426. The van der Waals surface area contributed by atoms with Gasteiger partial charge in [-0.2, -0.15) is 0 Å². The van der Waals surface area contributed by atoms with Crippen molar-refractivity contribution in [3.8, 4) is 17.2 Å². The van der Waals surface area contributed by atoms with E-state index < -0.39 is 0 Å². The second kappa shape index (κ2) is 8.99. The van der Waals surface area contributed by atoms with Crippen molar-refractivity contribution in [2.45, 2.75) is 6.54 Å². The normalized spacial score (nSPS) is 10.1. The molecular formula is C17H18Cl2N2O3S. The van der Waals surface area contributed by atoms with Crippen LogP contribution in [0.5, 0.6) is 17.2 Å². The van der Waals surface area contributed by atoms with Gasteiger partial charge in [0, 0.05) is 33.9 Å². The Kier molecular flexibility index (Phi) is 6.99. The molecule has 0 fully saturated rings. The smallest absolute Gasteiger partial charge is 0.171 e. The van der Waals surface area contributed by atoms with Crippen molar-refractivity contribution in [1.82, 2.24) is 5.32 Å². The van der Waals surface area contributed by atoms with Crippen LogP contribution in [0.3, 0.4) is 0 Å². The van der Waals surface area contributed by atoms with Crippen molar-refractivity contribution in [3.63, 3.8) is 0 Å². The SMILES string of the molecule is COc1cc(OC)c(OC)cc1CNC(=S)Nc1cc(Cl)cc(Cl)c1. The average Bonchev–Trinajstić information content (AvgIpc) is 2.58. The summed E-state index contributed by atoms with van der Waals surface area (Å²) in [5.41, 5.74) is 1.57. The average molecular weight is 401 g/mol. The van der Waals surface area contributed by atoms with Crippen LogP contribution in [0.4, 0.5) is 5.69 Å². The van der Waals surface area contributed by atoms with E-state index in [0.29, 0.717) is 44.6 Å². The van der Waals surface area contributed by atoms with Gasteiger partial charge in [0.05, 0.1) is 21.3 Å². The number of hydrogen-bond donors (Lipinski definition) is 2. The predicted octanol–water partition coefficient (Wildman–Crippen LogP) is 4.51. The molecule has 8 heteroatoms. The molecule has 0 bridgehead atoms. The summed E-state index contributed by atoms with van der Waals surface area (Å²) in [6, 6.07) is 8.72. The summed E-state index contributed by atoms with van der Waals surface area (Å²) in [7, 11) is 4.75. The van der Waals surface area contributed by atoms with E-state index in [1.807, 2.05) is 6.07 Å². The summed E-state index contributed by atoms with van der Waals surface area (Å²) in [6.45, 7) is 0.434. The highest BCUT2D eigenvalue weighted by atomic mass is 35.5. The van der Waals surface area contributed by atoms with E-state index >= 15 is 0 Å². The van der Waals surface area contributed by atoms with Gasteiger partial charge in [-0.05, 0) is 36.5 Å². The zero-order chi connectivity index (χ0) is 18.4. The lowest BCUT2D eigenvalue weighted by Crippen LogP contribution is -2.28. The molecule has 2 rings (SSSR count). The maximum atomic E-state index is 5.98. The minimum Gasteiger partial charge on any atom is -0.496 e. The lowest BCUT2D eigenvalue weighted by molar-refractivity contribution is 0.347. The van der Waals surface area contributed by atoms with Crippen LogP contribution in [0.1, 0.15) is 5.56 Å². The highest BCUT2D eigenvalue weighted by Crippen LogP contribution is 2.34. The zero-order valence-corrected chi connectivity index (χ0v) is 16.3. The van der Waals surface area contributed by atoms with Crippen LogP contribution in [-0.2, 0) is 6.54 Å². The molecule has 25 heavy (non-hydrogen) atoms. The van der Waals surface area contributed by atoms with Crippen LogP contribution in [-0.4, -0.2) is 26.4 Å². The Morgan fingerprint density at radius 1 is 0.880 bits per heavy atom. The summed E-state index contributed by atoms with van der Waals surface area (Å²) in [5, 5.41) is 7.63. The van der Waals surface area contributed by atoms with Crippen molar-refractivity contribution >= 4 is 46.2 Å². The summed E-state index contributed by atoms with van der Waals surface area (Å²) in [5.74, 6) is 1.87. The molecule has 0 spiro atoms. The number of anilines is 1. The Balaban J connectivity index is 2.08. The van der Waals surface area contributed by atoms with Crippen LogP contribution < -0.4 is 24.8 Å². The summed E-state index contributed by atoms with van der Waals surface area (Å²) < 4.78 is 16.0. The third kappa shape index (κ3) is 5.29. The summed E-state index contributed by atoms with van der Waals surface area (Å²) >= 11 is 17.3. The first-order valence-electron chi connectivity index (χ1n) is 7.26. The van der Waals surface area contributed by atoms with E-state index in [2.05, 4.69) is 10.6 Å². The van der Waals surface area contributed by atoms with Crippen molar-refractivity contribution in [1.29, 1.82) is 0 Å². The molecule has 2 aromatic rings. The number of halogens is 2. The summed E-state index contributed by atoms with van der Waals surface area (Å²) in [6.07, 6.45) is 0. The molecule has 0 heterocycles. The molecule has 0 unspecified atom stereocenters. The van der Waals surface area contributed by atoms with Crippen LogP contribution >= 0.6 is 35.4 Å². The van der Waals surface area contributed by atoms with E-state index in [1.54, 1.807) is 45.6 Å². The quantitative estimate of drug-likeness (QED) is 0.695. The number of methoxy groups -OCH3 is 3. The molecule has 0 aliphatic rings. The maximum Gasteiger partial charge on any atom is 0.171 e. The van der Waals surface area contributed by atoms with Crippen LogP contribution in [0.2, 0.25) is 10.0 Å². The Labute approximate surface area is 162 Å². The van der Waals surface area contributed by atoms with Gasteiger partial charge in [-0.1, -0.05) is 23.2 Å². The molecule has 5 nitrogen and oxygen atoms in total. The van der Waals surface area contributed by atoms with Gasteiger partial charge < -0.3 is 24.8 Å².